The highest BCUT2D eigenvalue weighted by molar-refractivity contribution is 6.31. The molecule has 0 amide bonds. The number of hydrogen-bond donors (Lipinski definition) is 1. The van der Waals surface area contributed by atoms with Gasteiger partial charge in [-0.1, -0.05) is 56.0 Å². The molecule has 1 saturated carbocycles. The highest BCUT2D eigenvalue weighted by Gasteiger charge is 2.26. The van der Waals surface area contributed by atoms with Crippen molar-refractivity contribution in [2.24, 2.45) is 5.92 Å². The van der Waals surface area contributed by atoms with Gasteiger partial charge in [0.1, 0.15) is 0 Å². The number of halogens is 1. The zero-order valence-electron chi connectivity index (χ0n) is 11.3. The van der Waals surface area contributed by atoms with Crippen molar-refractivity contribution in [3.05, 3.63) is 34.9 Å². The molecule has 1 nitrogen and oxygen atoms in total. The molecule has 0 bridgehead atoms. The maximum absolute atomic E-state index is 6.39. The van der Waals surface area contributed by atoms with Crippen LogP contribution in [0, 0.1) is 5.92 Å². The van der Waals surface area contributed by atoms with E-state index in [1.165, 1.54) is 37.7 Å². The molecular weight excluding hydrogens is 242 g/mol. The fourth-order valence-corrected chi connectivity index (χ4v) is 3.42. The summed E-state index contributed by atoms with van der Waals surface area (Å²) in [7, 11) is 0. The maximum atomic E-state index is 6.39. The Morgan fingerprint density at radius 3 is 2.72 bits per heavy atom. The Kier molecular flexibility index (Phi) is 5.52. The van der Waals surface area contributed by atoms with Crippen LogP contribution in [0.25, 0.3) is 0 Å². The number of nitrogens with one attached hydrogen (secondary N) is 1. The summed E-state index contributed by atoms with van der Waals surface area (Å²) in [4.78, 5) is 0. The number of hydrogen-bond acceptors (Lipinski definition) is 1. The second-order valence-electron chi connectivity index (χ2n) is 5.33. The van der Waals surface area contributed by atoms with Crippen LogP contribution in [0.1, 0.15) is 50.5 Å². The third kappa shape index (κ3) is 3.49. The van der Waals surface area contributed by atoms with Gasteiger partial charge in [0.2, 0.25) is 0 Å². The van der Waals surface area contributed by atoms with E-state index in [0.29, 0.717) is 5.92 Å². The van der Waals surface area contributed by atoms with Crippen LogP contribution in [-0.4, -0.2) is 13.1 Å². The van der Waals surface area contributed by atoms with E-state index < -0.39 is 0 Å². The van der Waals surface area contributed by atoms with Crippen LogP contribution in [-0.2, 0) is 0 Å². The Hall–Kier alpha value is -0.530. The fraction of sp³-hybridized carbons (Fsp3) is 0.625. The molecule has 2 rings (SSSR count). The SMILES string of the molecule is CCNCC1CCCCCC1c1ccccc1Cl. The van der Waals surface area contributed by atoms with E-state index in [2.05, 4.69) is 24.4 Å². The van der Waals surface area contributed by atoms with Crippen molar-refractivity contribution >= 4 is 11.6 Å². The van der Waals surface area contributed by atoms with Crippen molar-refractivity contribution < 1.29 is 0 Å². The molecule has 1 aliphatic rings. The quantitative estimate of drug-likeness (QED) is 0.784. The van der Waals surface area contributed by atoms with E-state index in [9.17, 15) is 0 Å². The van der Waals surface area contributed by atoms with E-state index in [1.807, 2.05) is 12.1 Å². The van der Waals surface area contributed by atoms with Crippen LogP contribution in [0.3, 0.4) is 0 Å². The summed E-state index contributed by atoms with van der Waals surface area (Å²) >= 11 is 6.39. The zero-order valence-corrected chi connectivity index (χ0v) is 12.0. The summed E-state index contributed by atoms with van der Waals surface area (Å²) in [5.41, 5.74) is 1.36. The van der Waals surface area contributed by atoms with Crippen LogP contribution in [0.2, 0.25) is 5.02 Å². The van der Waals surface area contributed by atoms with Gasteiger partial charge < -0.3 is 5.32 Å². The van der Waals surface area contributed by atoms with Crippen molar-refractivity contribution in [2.75, 3.05) is 13.1 Å². The van der Waals surface area contributed by atoms with Crippen molar-refractivity contribution in [3.8, 4) is 0 Å². The lowest BCUT2D eigenvalue weighted by Crippen LogP contribution is -2.26. The second kappa shape index (κ2) is 7.16. The number of rotatable bonds is 4. The van der Waals surface area contributed by atoms with Gasteiger partial charge in [-0.15, -0.1) is 0 Å². The van der Waals surface area contributed by atoms with Crippen molar-refractivity contribution in [1.29, 1.82) is 0 Å². The molecule has 2 unspecified atom stereocenters. The van der Waals surface area contributed by atoms with E-state index in [4.69, 9.17) is 11.6 Å². The third-order valence-corrected chi connectivity index (χ3v) is 4.46. The van der Waals surface area contributed by atoms with Gasteiger partial charge in [-0.2, -0.15) is 0 Å². The molecule has 0 heterocycles. The summed E-state index contributed by atoms with van der Waals surface area (Å²) < 4.78 is 0. The standard InChI is InChI=1S/C16H24ClN/c1-2-18-12-13-8-4-3-5-9-14(13)15-10-6-7-11-16(15)17/h6-7,10-11,13-14,18H,2-5,8-9,12H2,1H3. The van der Waals surface area contributed by atoms with Crippen molar-refractivity contribution in [2.45, 2.75) is 44.9 Å². The average molecular weight is 266 g/mol. The normalized spacial score (nSPS) is 24.8. The second-order valence-corrected chi connectivity index (χ2v) is 5.74. The predicted molar refractivity (Wildman–Crippen MR) is 79.3 cm³/mol. The summed E-state index contributed by atoms with van der Waals surface area (Å²) in [6, 6.07) is 8.40. The maximum Gasteiger partial charge on any atom is 0.0440 e. The minimum Gasteiger partial charge on any atom is -0.317 e. The lowest BCUT2D eigenvalue weighted by atomic mass is 9.82. The van der Waals surface area contributed by atoms with E-state index in [0.717, 1.165) is 24.0 Å². The minimum absolute atomic E-state index is 0.639. The Bertz CT molecular complexity index is 364. The molecule has 0 saturated heterocycles. The topological polar surface area (TPSA) is 12.0 Å². The van der Waals surface area contributed by atoms with Gasteiger partial charge in [-0.3, -0.25) is 0 Å². The van der Waals surface area contributed by atoms with Gasteiger partial charge >= 0.3 is 0 Å². The molecule has 0 radical (unpaired) electrons. The fourth-order valence-electron chi connectivity index (χ4n) is 3.14. The average Bonchev–Trinajstić information content (AvgIpc) is 2.62. The lowest BCUT2D eigenvalue weighted by molar-refractivity contribution is 0.379. The Morgan fingerprint density at radius 2 is 1.94 bits per heavy atom. The number of benzene rings is 1. The van der Waals surface area contributed by atoms with Crippen LogP contribution in [0.4, 0.5) is 0 Å². The molecule has 0 aliphatic heterocycles. The molecule has 1 N–H and O–H groups in total. The van der Waals surface area contributed by atoms with Gasteiger partial charge in [0.25, 0.3) is 0 Å². The first kappa shape index (κ1) is 13.9. The molecule has 0 spiro atoms. The first-order chi connectivity index (χ1) is 8.83. The van der Waals surface area contributed by atoms with Gasteiger partial charge in [0, 0.05) is 5.02 Å². The summed E-state index contributed by atoms with van der Waals surface area (Å²) in [5.74, 6) is 1.38. The Balaban J connectivity index is 2.17. The highest BCUT2D eigenvalue weighted by Crippen LogP contribution is 2.39. The molecule has 1 aliphatic carbocycles. The summed E-state index contributed by atoms with van der Waals surface area (Å²) in [6.45, 7) is 4.37. The smallest absolute Gasteiger partial charge is 0.0440 e. The van der Waals surface area contributed by atoms with Crippen LogP contribution < -0.4 is 5.32 Å². The molecule has 2 heteroatoms. The van der Waals surface area contributed by atoms with E-state index in [1.54, 1.807) is 0 Å². The van der Waals surface area contributed by atoms with Gasteiger partial charge in [-0.25, -0.2) is 0 Å². The molecule has 1 fully saturated rings. The van der Waals surface area contributed by atoms with Gasteiger partial charge in [0.15, 0.2) is 0 Å². The Morgan fingerprint density at radius 1 is 1.17 bits per heavy atom. The van der Waals surface area contributed by atoms with Gasteiger partial charge in [0.05, 0.1) is 0 Å². The lowest BCUT2D eigenvalue weighted by Gasteiger charge is -2.26. The monoisotopic (exact) mass is 265 g/mol. The molecular formula is C16H24ClN. The molecule has 2 atom stereocenters. The highest BCUT2D eigenvalue weighted by atomic mass is 35.5. The van der Waals surface area contributed by atoms with Crippen LogP contribution in [0.5, 0.6) is 0 Å². The zero-order chi connectivity index (χ0) is 12.8. The predicted octanol–water partition coefficient (Wildman–Crippen LogP) is 4.61. The molecule has 1 aromatic rings. The van der Waals surface area contributed by atoms with Crippen molar-refractivity contribution in [1.82, 2.24) is 5.32 Å². The molecule has 0 aromatic heterocycles. The summed E-state index contributed by atoms with van der Waals surface area (Å²) in [5, 5.41) is 4.47. The first-order valence-corrected chi connectivity index (χ1v) is 7.66. The van der Waals surface area contributed by atoms with E-state index in [-0.39, 0.29) is 0 Å². The molecule has 100 valence electrons. The van der Waals surface area contributed by atoms with Crippen LogP contribution in [0.15, 0.2) is 24.3 Å². The summed E-state index contributed by atoms with van der Waals surface area (Å²) in [6.07, 6.45) is 6.72. The molecule has 18 heavy (non-hydrogen) atoms. The third-order valence-electron chi connectivity index (χ3n) is 4.12. The molecule has 1 aromatic carbocycles. The minimum atomic E-state index is 0.639. The van der Waals surface area contributed by atoms with E-state index >= 15 is 0 Å². The first-order valence-electron chi connectivity index (χ1n) is 7.28. The largest absolute Gasteiger partial charge is 0.317 e. The van der Waals surface area contributed by atoms with Gasteiger partial charge in [-0.05, 0) is 49.4 Å². The van der Waals surface area contributed by atoms with Crippen LogP contribution >= 0.6 is 11.6 Å². The Labute approximate surface area is 116 Å². The van der Waals surface area contributed by atoms with Crippen molar-refractivity contribution in [3.63, 3.8) is 0 Å².